The summed E-state index contributed by atoms with van der Waals surface area (Å²) in [5.74, 6) is 1.67. The largest absolute Gasteiger partial charge is 0.497 e. The van der Waals surface area contributed by atoms with Crippen LogP contribution >= 0.6 is 0 Å². The Hall–Kier alpha value is -2.14. The van der Waals surface area contributed by atoms with Crippen molar-refractivity contribution >= 4 is 5.82 Å². The number of likely N-dealkylation sites (N-methyl/N-ethyl adjacent to an activating group) is 1. The molecule has 22 heavy (non-hydrogen) atoms. The summed E-state index contributed by atoms with van der Waals surface area (Å²) in [7, 11) is 5.82. The second kappa shape index (κ2) is 7.22. The van der Waals surface area contributed by atoms with Crippen LogP contribution in [0.1, 0.15) is 22.9 Å². The Morgan fingerprint density at radius 1 is 1.18 bits per heavy atom. The zero-order valence-corrected chi connectivity index (χ0v) is 13.9. The van der Waals surface area contributed by atoms with E-state index in [4.69, 9.17) is 4.74 Å². The topological polar surface area (TPSA) is 50.3 Å². The van der Waals surface area contributed by atoms with Crippen LogP contribution in [0.3, 0.4) is 0 Å². The minimum atomic E-state index is 0.221. The predicted molar refractivity (Wildman–Crippen MR) is 89.4 cm³/mol. The van der Waals surface area contributed by atoms with Gasteiger partial charge in [0.15, 0.2) is 0 Å². The first-order valence-corrected chi connectivity index (χ1v) is 7.36. The van der Waals surface area contributed by atoms with Crippen LogP contribution < -0.4 is 10.1 Å². The molecule has 1 aromatic heterocycles. The van der Waals surface area contributed by atoms with Crippen molar-refractivity contribution in [3.63, 3.8) is 0 Å². The maximum absolute atomic E-state index is 5.32. The minimum absolute atomic E-state index is 0.221. The van der Waals surface area contributed by atoms with Gasteiger partial charge in [0.25, 0.3) is 0 Å². The highest BCUT2D eigenvalue weighted by Gasteiger charge is 2.15. The third kappa shape index (κ3) is 3.95. The van der Waals surface area contributed by atoms with E-state index in [2.05, 4.69) is 46.6 Å². The van der Waals surface area contributed by atoms with Crippen LogP contribution in [-0.4, -0.2) is 42.8 Å². The SMILES string of the molecule is COc1cccc(C(CNc2cc(C)c(C)nn2)N(C)C)c1. The van der Waals surface area contributed by atoms with E-state index in [1.807, 2.05) is 32.0 Å². The van der Waals surface area contributed by atoms with Crippen LogP contribution in [0.25, 0.3) is 0 Å². The van der Waals surface area contributed by atoms with E-state index in [-0.39, 0.29) is 6.04 Å². The smallest absolute Gasteiger partial charge is 0.148 e. The Kier molecular flexibility index (Phi) is 5.33. The number of ether oxygens (including phenoxy) is 1. The first kappa shape index (κ1) is 16.2. The summed E-state index contributed by atoms with van der Waals surface area (Å²) in [6.07, 6.45) is 0. The van der Waals surface area contributed by atoms with E-state index < -0.39 is 0 Å². The van der Waals surface area contributed by atoms with E-state index in [1.165, 1.54) is 5.56 Å². The molecule has 0 saturated heterocycles. The van der Waals surface area contributed by atoms with Gasteiger partial charge < -0.3 is 15.0 Å². The number of benzene rings is 1. The van der Waals surface area contributed by atoms with Gasteiger partial charge in [-0.15, -0.1) is 5.10 Å². The van der Waals surface area contributed by atoms with Gasteiger partial charge in [-0.25, -0.2) is 0 Å². The third-order valence-electron chi connectivity index (χ3n) is 3.81. The molecule has 0 bridgehead atoms. The molecule has 0 aliphatic rings. The molecule has 2 rings (SSSR count). The standard InChI is InChI=1S/C17H24N4O/c1-12-9-17(20-19-13(12)2)18-11-16(21(3)4)14-7-6-8-15(10-14)22-5/h6-10,16H,11H2,1-5H3,(H,18,20). The van der Waals surface area contributed by atoms with Gasteiger partial charge in [0.2, 0.25) is 0 Å². The van der Waals surface area contributed by atoms with Gasteiger partial charge in [0.1, 0.15) is 11.6 Å². The first-order valence-electron chi connectivity index (χ1n) is 7.36. The van der Waals surface area contributed by atoms with E-state index in [1.54, 1.807) is 7.11 Å². The second-order valence-electron chi connectivity index (χ2n) is 5.63. The van der Waals surface area contributed by atoms with Crippen LogP contribution in [-0.2, 0) is 0 Å². The van der Waals surface area contributed by atoms with Gasteiger partial charge in [0, 0.05) is 6.54 Å². The van der Waals surface area contributed by atoms with Gasteiger partial charge >= 0.3 is 0 Å². The molecule has 1 N–H and O–H groups in total. The average molecular weight is 300 g/mol. The number of nitrogens with zero attached hydrogens (tertiary/aromatic N) is 3. The van der Waals surface area contributed by atoms with Gasteiger partial charge in [-0.05, 0) is 57.3 Å². The fraction of sp³-hybridized carbons (Fsp3) is 0.412. The molecule has 0 saturated carbocycles. The molecule has 118 valence electrons. The Morgan fingerprint density at radius 2 is 1.95 bits per heavy atom. The van der Waals surface area contributed by atoms with E-state index in [0.29, 0.717) is 0 Å². The maximum Gasteiger partial charge on any atom is 0.148 e. The predicted octanol–water partition coefficient (Wildman–Crippen LogP) is 2.82. The van der Waals surface area contributed by atoms with Crippen molar-refractivity contribution in [1.82, 2.24) is 15.1 Å². The molecule has 1 unspecified atom stereocenters. The van der Waals surface area contributed by atoms with Crippen LogP contribution in [0.2, 0.25) is 0 Å². The van der Waals surface area contributed by atoms with Crippen molar-refractivity contribution in [1.29, 1.82) is 0 Å². The summed E-state index contributed by atoms with van der Waals surface area (Å²) in [6, 6.07) is 10.4. The summed E-state index contributed by atoms with van der Waals surface area (Å²) < 4.78 is 5.32. The lowest BCUT2D eigenvalue weighted by Crippen LogP contribution is -2.27. The lowest BCUT2D eigenvalue weighted by atomic mass is 10.1. The maximum atomic E-state index is 5.32. The van der Waals surface area contributed by atoms with Crippen molar-refractivity contribution in [3.05, 3.63) is 47.2 Å². The molecular weight excluding hydrogens is 276 g/mol. The number of aryl methyl sites for hydroxylation is 2. The Labute approximate surface area is 132 Å². The summed E-state index contributed by atoms with van der Waals surface area (Å²) in [6.45, 7) is 4.75. The number of methoxy groups -OCH3 is 1. The quantitative estimate of drug-likeness (QED) is 0.889. The molecular formula is C17H24N4O. The fourth-order valence-corrected chi connectivity index (χ4v) is 2.28. The lowest BCUT2D eigenvalue weighted by molar-refractivity contribution is 0.310. The minimum Gasteiger partial charge on any atom is -0.497 e. The van der Waals surface area contributed by atoms with E-state index in [9.17, 15) is 0 Å². The zero-order chi connectivity index (χ0) is 16.1. The van der Waals surface area contributed by atoms with Gasteiger partial charge in [-0.1, -0.05) is 12.1 Å². The molecule has 1 heterocycles. The normalized spacial score (nSPS) is 12.3. The van der Waals surface area contributed by atoms with E-state index in [0.717, 1.165) is 29.4 Å². The monoisotopic (exact) mass is 300 g/mol. The van der Waals surface area contributed by atoms with E-state index >= 15 is 0 Å². The summed E-state index contributed by atoms with van der Waals surface area (Å²) in [4.78, 5) is 2.18. The molecule has 5 nitrogen and oxygen atoms in total. The summed E-state index contributed by atoms with van der Waals surface area (Å²) >= 11 is 0. The fourth-order valence-electron chi connectivity index (χ4n) is 2.28. The molecule has 1 aromatic carbocycles. The molecule has 5 heteroatoms. The van der Waals surface area contributed by atoms with Crippen molar-refractivity contribution < 1.29 is 4.74 Å². The highest BCUT2D eigenvalue weighted by molar-refractivity contribution is 5.38. The van der Waals surface area contributed by atoms with Crippen molar-refractivity contribution in [2.24, 2.45) is 0 Å². The highest BCUT2D eigenvalue weighted by Crippen LogP contribution is 2.23. The molecule has 0 aliphatic heterocycles. The van der Waals surface area contributed by atoms with Crippen LogP contribution in [0.5, 0.6) is 5.75 Å². The van der Waals surface area contributed by atoms with Gasteiger partial charge in [-0.2, -0.15) is 5.10 Å². The second-order valence-corrected chi connectivity index (χ2v) is 5.63. The van der Waals surface area contributed by atoms with Crippen molar-refractivity contribution in [2.75, 3.05) is 33.1 Å². The number of rotatable bonds is 6. The van der Waals surface area contributed by atoms with Crippen molar-refractivity contribution in [3.8, 4) is 5.75 Å². The molecule has 0 aliphatic carbocycles. The number of hydrogen-bond acceptors (Lipinski definition) is 5. The van der Waals surface area contributed by atoms with Gasteiger partial charge in [-0.3, -0.25) is 0 Å². The number of aromatic nitrogens is 2. The van der Waals surface area contributed by atoms with Crippen LogP contribution in [0.15, 0.2) is 30.3 Å². The van der Waals surface area contributed by atoms with Crippen LogP contribution in [0, 0.1) is 13.8 Å². The Bertz CT molecular complexity index is 628. The summed E-state index contributed by atoms with van der Waals surface area (Å²) in [5.41, 5.74) is 3.30. The zero-order valence-electron chi connectivity index (χ0n) is 13.9. The van der Waals surface area contributed by atoms with Crippen molar-refractivity contribution in [2.45, 2.75) is 19.9 Å². The molecule has 1 atom stereocenters. The molecule has 0 amide bonds. The lowest BCUT2D eigenvalue weighted by Gasteiger charge is -2.25. The number of anilines is 1. The van der Waals surface area contributed by atoms with Gasteiger partial charge in [0.05, 0.1) is 18.8 Å². The first-order chi connectivity index (χ1) is 10.5. The number of hydrogen-bond donors (Lipinski definition) is 1. The Balaban J connectivity index is 2.13. The Morgan fingerprint density at radius 3 is 2.59 bits per heavy atom. The molecule has 0 radical (unpaired) electrons. The average Bonchev–Trinajstić information content (AvgIpc) is 2.51. The molecule has 0 fully saturated rings. The highest BCUT2D eigenvalue weighted by atomic mass is 16.5. The summed E-state index contributed by atoms with van der Waals surface area (Å²) in [5, 5.41) is 11.7. The number of nitrogens with one attached hydrogen (secondary N) is 1. The van der Waals surface area contributed by atoms with Crippen LogP contribution in [0.4, 0.5) is 5.82 Å². The molecule has 2 aromatic rings. The molecule has 0 spiro atoms. The third-order valence-corrected chi connectivity index (χ3v) is 3.81.